The molecule has 1 aliphatic heterocycles. The van der Waals surface area contributed by atoms with Gasteiger partial charge in [0.1, 0.15) is 6.61 Å². The summed E-state index contributed by atoms with van der Waals surface area (Å²) in [6.45, 7) is 6.81. The van der Waals surface area contributed by atoms with Gasteiger partial charge in [0.2, 0.25) is 0 Å². The fourth-order valence-corrected chi connectivity index (χ4v) is 4.30. The SMILES string of the molecule is COc1cc(CNC2CCN(Cc3ccccc3)CC2)ccc1OCc1cccc(C)c1. The highest BCUT2D eigenvalue weighted by molar-refractivity contribution is 5.43. The van der Waals surface area contributed by atoms with E-state index in [1.807, 2.05) is 6.07 Å². The van der Waals surface area contributed by atoms with Crippen LogP contribution in [-0.4, -0.2) is 31.1 Å². The third-order valence-electron chi connectivity index (χ3n) is 6.14. The molecule has 1 heterocycles. The van der Waals surface area contributed by atoms with Crippen LogP contribution >= 0.6 is 0 Å². The molecule has 0 unspecified atom stereocenters. The number of methoxy groups -OCH3 is 1. The summed E-state index contributed by atoms with van der Waals surface area (Å²) >= 11 is 0. The minimum absolute atomic E-state index is 0.539. The summed E-state index contributed by atoms with van der Waals surface area (Å²) in [5.41, 5.74) is 5.02. The first-order chi connectivity index (χ1) is 15.7. The van der Waals surface area contributed by atoms with Crippen LogP contribution in [0.15, 0.2) is 72.8 Å². The molecule has 4 rings (SSSR count). The highest BCUT2D eigenvalue weighted by Crippen LogP contribution is 2.29. The number of nitrogens with zero attached hydrogens (tertiary/aromatic N) is 1. The summed E-state index contributed by atoms with van der Waals surface area (Å²) in [6.07, 6.45) is 2.36. The van der Waals surface area contributed by atoms with Gasteiger partial charge < -0.3 is 14.8 Å². The van der Waals surface area contributed by atoms with E-state index in [-0.39, 0.29) is 0 Å². The van der Waals surface area contributed by atoms with Crippen molar-refractivity contribution in [3.8, 4) is 11.5 Å². The van der Waals surface area contributed by atoms with Gasteiger partial charge >= 0.3 is 0 Å². The van der Waals surface area contributed by atoms with Crippen molar-refractivity contribution in [3.63, 3.8) is 0 Å². The lowest BCUT2D eigenvalue weighted by Gasteiger charge is -2.32. The van der Waals surface area contributed by atoms with Crippen LogP contribution in [0.2, 0.25) is 0 Å². The third kappa shape index (κ3) is 6.35. The van der Waals surface area contributed by atoms with E-state index in [0.29, 0.717) is 12.6 Å². The first kappa shape index (κ1) is 22.4. The summed E-state index contributed by atoms with van der Waals surface area (Å²) in [7, 11) is 1.70. The Bertz CT molecular complexity index is 982. The van der Waals surface area contributed by atoms with Gasteiger partial charge in [-0.2, -0.15) is 0 Å². The predicted octanol–water partition coefficient (Wildman–Crippen LogP) is 5.34. The van der Waals surface area contributed by atoms with Gasteiger partial charge in [0.05, 0.1) is 7.11 Å². The first-order valence-electron chi connectivity index (χ1n) is 11.5. The van der Waals surface area contributed by atoms with E-state index in [0.717, 1.165) is 43.2 Å². The number of likely N-dealkylation sites (tertiary alicyclic amines) is 1. The molecule has 0 aliphatic carbocycles. The lowest BCUT2D eigenvalue weighted by molar-refractivity contribution is 0.190. The van der Waals surface area contributed by atoms with Crippen LogP contribution in [0.3, 0.4) is 0 Å². The number of piperidine rings is 1. The maximum atomic E-state index is 6.03. The Morgan fingerprint density at radius 1 is 0.844 bits per heavy atom. The normalized spacial score (nSPS) is 14.9. The minimum atomic E-state index is 0.539. The van der Waals surface area contributed by atoms with Gasteiger partial charge in [0.25, 0.3) is 0 Å². The Balaban J connectivity index is 1.25. The van der Waals surface area contributed by atoms with E-state index in [1.54, 1.807) is 7.11 Å². The molecule has 0 saturated carbocycles. The molecular formula is C28H34N2O2. The van der Waals surface area contributed by atoms with Gasteiger partial charge in [0.15, 0.2) is 11.5 Å². The van der Waals surface area contributed by atoms with E-state index >= 15 is 0 Å². The number of rotatable bonds is 9. The van der Waals surface area contributed by atoms with Gasteiger partial charge in [-0.15, -0.1) is 0 Å². The van der Waals surface area contributed by atoms with E-state index in [4.69, 9.17) is 9.47 Å². The largest absolute Gasteiger partial charge is 0.493 e. The molecule has 168 valence electrons. The Labute approximate surface area is 192 Å². The summed E-state index contributed by atoms with van der Waals surface area (Å²) in [6, 6.07) is 25.9. The van der Waals surface area contributed by atoms with Crippen LogP contribution in [0.25, 0.3) is 0 Å². The zero-order valence-electron chi connectivity index (χ0n) is 19.2. The summed E-state index contributed by atoms with van der Waals surface area (Å²) in [5, 5.41) is 3.73. The maximum Gasteiger partial charge on any atom is 0.161 e. The lowest BCUT2D eigenvalue weighted by atomic mass is 10.0. The van der Waals surface area contributed by atoms with Gasteiger partial charge in [-0.05, 0) is 61.7 Å². The average molecular weight is 431 g/mol. The van der Waals surface area contributed by atoms with Crippen molar-refractivity contribution >= 4 is 0 Å². The predicted molar refractivity (Wildman–Crippen MR) is 130 cm³/mol. The smallest absolute Gasteiger partial charge is 0.161 e. The Morgan fingerprint density at radius 3 is 2.38 bits per heavy atom. The molecule has 1 fully saturated rings. The van der Waals surface area contributed by atoms with Crippen LogP contribution in [0.1, 0.15) is 35.1 Å². The van der Waals surface area contributed by atoms with Crippen LogP contribution in [0.5, 0.6) is 11.5 Å². The molecule has 1 saturated heterocycles. The quantitative estimate of drug-likeness (QED) is 0.497. The van der Waals surface area contributed by atoms with Crippen LogP contribution in [0.4, 0.5) is 0 Å². The second kappa shape index (κ2) is 11.2. The molecular weight excluding hydrogens is 396 g/mol. The van der Waals surface area contributed by atoms with Crippen molar-refractivity contribution in [2.45, 2.75) is 45.5 Å². The second-order valence-electron chi connectivity index (χ2n) is 8.68. The van der Waals surface area contributed by atoms with E-state index in [2.05, 4.69) is 83.9 Å². The van der Waals surface area contributed by atoms with Crippen molar-refractivity contribution in [1.29, 1.82) is 0 Å². The molecule has 3 aromatic rings. The fourth-order valence-electron chi connectivity index (χ4n) is 4.30. The van der Waals surface area contributed by atoms with Gasteiger partial charge in [-0.1, -0.05) is 66.2 Å². The number of ether oxygens (including phenoxy) is 2. The molecule has 32 heavy (non-hydrogen) atoms. The van der Waals surface area contributed by atoms with Crippen molar-refractivity contribution in [3.05, 3.63) is 95.1 Å². The van der Waals surface area contributed by atoms with Gasteiger partial charge in [-0.3, -0.25) is 4.90 Å². The molecule has 0 amide bonds. The zero-order valence-corrected chi connectivity index (χ0v) is 19.2. The number of nitrogens with one attached hydrogen (secondary N) is 1. The Kier molecular flexibility index (Phi) is 7.81. The molecule has 0 spiro atoms. The molecule has 0 bridgehead atoms. The van der Waals surface area contributed by atoms with Crippen LogP contribution in [-0.2, 0) is 19.7 Å². The van der Waals surface area contributed by atoms with Crippen molar-refractivity contribution in [2.24, 2.45) is 0 Å². The molecule has 0 radical (unpaired) electrons. The number of hydrogen-bond acceptors (Lipinski definition) is 4. The Morgan fingerprint density at radius 2 is 1.62 bits per heavy atom. The van der Waals surface area contributed by atoms with E-state index in [1.165, 1.54) is 29.5 Å². The van der Waals surface area contributed by atoms with Gasteiger partial charge in [0, 0.05) is 19.1 Å². The van der Waals surface area contributed by atoms with Crippen LogP contribution < -0.4 is 14.8 Å². The Hall–Kier alpha value is -2.82. The molecule has 3 aromatic carbocycles. The lowest BCUT2D eigenvalue weighted by Crippen LogP contribution is -2.41. The third-order valence-corrected chi connectivity index (χ3v) is 6.14. The topological polar surface area (TPSA) is 33.7 Å². The molecule has 1 aliphatic rings. The van der Waals surface area contributed by atoms with Crippen molar-refractivity contribution in [2.75, 3.05) is 20.2 Å². The van der Waals surface area contributed by atoms with E-state index in [9.17, 15) is 0 Å². The fraction of sp³-hybridized carbons (Fsp3) is 0.357. The highest BCUT2D eigenvalue weighted by atomic mass is 16.5. The van der Waals surface area contributed by atoms with Crippen molar-refractivity contribution < 1.29 is 9.47 Å². The van der Waals surface area contributed by atoms with E-state index < -0.39 is 0 Å². The molecule has 0 atom stereocenters. The van der Waals surface area contributed by atoms with Gasteiger partial charge in [-0.25, -0.2) is 0 Å². The van der Waals surface area contributed by atoms with Crippen molar-refractivity contribution in [1.82, 2.24) is 10.2 Å². The summed E-state index contributed by atoms with van der Waals surface area (Å²) in [4.78, 5) is 2.55. The molecule has 4 heteroatoms. The minimum Gasteiger partial charge on any atom is -0.493 e. The first-order valence-corrected chi connectivity index (χ1v) is 11.5. The number of aryl methyl sites for hydroxylation is 1. The van der Waals surface area contributed by atoms with Crippen LogP contribution in [0, 0.1) is 6.92 Å². The standard InChI is InChI=1S/C28H34N2O2/c1-22-7-6-10-25(17-22)21-32-27-12-11-24(18-28(27)31-2)19-29-26-13-15-30(16-14-26)20-23-8-4-3-5-9-23/h3-12,17-18,26,29H,13-16,19-21H2,1-2H3. The molecule has 1 N–H and O–H groups in total. The number of benzene rings is 3. The number of hydrogen-bond donors (Lipinski definition) is 1. The average Bonchev–Trinajstić information content (AvgIpc) is 2.83. The molecule has 4 nitrogen and oxygen atoms in total. The summed E-state index contributed by atoms with van der Waals surface area (Å²) < 4.78 is 11.6. The monoisotopic (exact) mass is 430 g/mol. The zero-order chi connectivity index (χ0) is 22.2. The summed E-state index contributed by atoms with van der Waals surface area (Å²) in [5.74, 6) is 1.57. The second-order valence-corrected chi connectivity index (χ2v) is 8.68. The maximum absolute atomic E-state index is 6.03. The molecule has 0 aromatic heterocycles. The highest BCUT2D eigenvalue weighted by Gasteiger charge is 2.19.